The molecular formula is C11H13N3OY-2. The van der Waals surface area contributed by atoms with Crippen molar-refractivity contribution in [2.75, 3.05) is 0 Å². The molecule has 0 bridgehead atoms. The van der Waals surface area contributed by atoms with Gasteiger partial charge >= 0.3 is 0 Å². The number of amides is 1. The van der Waals surface area contributed by atoms with Gasteiger partial charge in [-0.05, 0) is 6.07 Å². The molecule has 1 aromatic heterocycles. The van der Waals surface area contributed by atoms with E-state index in [2.05, 4.69) is 19.1 Å². The van der Waals surface area contributed by atoms with Gasteiger partial charge in [-0.1, -0.05) is 17.5 Å². The van der Waals surface area contributed by atoms with Crippen LogP contribution in [-0.4, -0.2) is 15.7 Å². The molecule has 0 unspecified atom stereocenters. The summed E-state index contributed by atoms with van der Waals surface area (Å²) >= 11 is 0. The molecule has 1 amide bonds. The number of rotatable bonds is 1. The second-order valence-corrected chi connectivity index (χ2v) is 2.78. The molecule has 2 aromatic rings. The summed E-state index contributed by atoms with van der Waals surface area (Å²) in [5.74, 6) is -0.468. The summed E-state index contributed by atoms with van der Waals surface area (Å²) < 4.78 is 1.41. The van der Waals surface area contributed by atoms with Gasteiger partial charge in [0.1, 0.15) is 0 Å². The van der Waals surface area contributed by atoms with Crippen molar-refractivity contribution in [1.29, 1.82) is 0 Å². The molecule has 5 heteroatoms. The van der Waals surface area contributed by atoms with Gasteiger partial charge in [0.25, 0.3) is 5.91 Å². The van der Waals surface area contributed by atoms with Gasteiger partial charge in [0.15, 0.2) is 0 Å². The van der Waals surface area contributed by atoms with Crippen molar-refractivity contribution in [3.63, 3.8) is 0 Å². The van der Waals surface area contributed by atoms with E-state index in [1.807, 2.05) is 6.07 Å². The van der Waals surface area contributed by atoms with E-state index in [0.717, 1.165) is 5.39 Å². The number of nitrogens with two attached hydrogens (primary N) is 1. The first kappa shape index (κ1) is 15.1. The van der Waals surface area contributed by atoms with Gasteiger partial charge in [-0.15, -0.1) is 6.20 Å². The molecule has 1 aromatic carbocycles. The summed E-state index contributed by atoms with van der Waals surface area (Å²) in [5, 5.41) is 4.91. The minimum atomic E-state index is -0.468. The number of primary amides is 1. The maximum atomic E-state index is 11.0. The Balaban J connectivity index is 0.000000711. The minimum Gasteiger partial charge on any atom is -0.407 e. The van der Waals surface area contributed by atoms with Crippen molar-refractivity contribution >= 4 is 16.8 Å². The minimum absolute atomic E-state index is 0. The van der Waals surface area contributed by atoms with Crippen LogP contribution in [0.2, 0.25) is 0 Å². The zero-order valence-corrected chi connectivity index (χ0v) is 12.0. The Labute approximate surface area is 120 Å². The number of nitrogens with zero attached hydrogens (tertiary/aromatic N) is 2. The van der Waals surface area contributed by atoms with E-state index < -0.39 is 5.91 Å². The van der Waals surface area contributed by atoms with E-state index in [1.165, 1.54) is 4.68 Å². The predicted molar refractivity (Wildman–Crippen MR) is 60.0 cm³/mol. The van der Waals surface area contributed by atoms with E-state index in [0.29, 0.717) is 11.1 Å². The number of carbonyl (C=O) groups excluding carboxylic acids is 1. The average molecular weight is 292 g/mol. The Kier molecular flexibility index (Phi) is 6.30. The summed E-state index contributed by atoms with van der Waals surface area (Å²) in [6, 6.07) is 5.28. The standard InChI is InChI=1S/C9H8N3O.C2H5.Y/c1-12-5-6-3-2-4-7(9(10)13)8(6)11-12;1-2;/h2-5H,1H2,(H2,10,13);1H2,2H3;/q2*-1;. The van der Waals surface area contributed by atoms with Gasteiger partial charge in [-0.25, -0.2) is 5.10 Å². The molecule has 0 aliphatic rings. The number of fused-ring (bicyclic) bond motifs is 1. The summed E-state index contributed by atoms with van der Waals surface area (Å²) in [6.07, 6.45) is 1.74. The zero-order chi connectivity index (χ0) is 11.4. The van der Waals surface area contributed by atoms with Crippen molar-refractivity contribution in [2.24, 2.45) is 5.73 Å². The van der Waals surface area contributed by atoms with Crippen LogP contribution in [0.4, 0.5) is 0 Å². The summed E-state index contributed by atoms with van der Waals surface area (Å²) in [4.78, 5) is 11.0. The van der Waals surface area contributed by atoms with Gasteiger partial charge in [0.05, 0.1) is 11.1 Å². The van der Waals surface area contributed by atoms with E-state index in [1.54, 1.807) is 25.3 Å². The number of carbonyl (C=O) groups is 1. The second kappa shape index (κ2) is 6.66. The number of hydrogen-bond acceptors (Lipinski definition) is 2. The molecule has 1 radical (unpaired) electrons. The average Bonchev–Trinajstić information content (AvgIpc) is 2.60. The van der Waals surface area contributed by atoms with Crippen LogP contribution >= 0.6 is 0 Å². The Morgan fingerprint density at radius 2 is 2.06 bits per heavy atom. The topological polar surface area (TPSA) is 60.9 Å². The number of benzene rings is 1. The predicted octanol–water partition coefficient (Wildman–Crippen LogP) is 1.61. The summed E-state index contributed by atoms with van der Waals surface area (Å²) in [6.45, 7) is 5.00. The molecular weight excluding hydrogens is 279 g/mol. The number of hydrogen-bond donors (Lipinski definition) is 1. The molecule has 2 N–H and O–H groups in total. The Morgan fingerprint density at radius 1 is 1.44 bits per heavy atom. The van der Waals surface area contributed by atoms with Crippen LogP contribution in [0.5, 0.6) is 0 Å². The summed E-state index contributed by atoms with van der Waals surface area (Å²) in [5.41, 5.74) is 6.21. The first-order valence-electron chi connectivity index (χ1n) is 4.48. The maximum absolute atomic E-state index is 11.0. The van der Waals surface area contributed by atoms with Crippen molar-refractivity contribution in [1.82, 2.24) is 9.78 Å². The fourth-order valence-electron chi connectivity index (χ4n) is 1.29. The fourth-order valence-corrected chi connectivity index (χ4v) is 1.29. The Bertz CT molecular complexity index is 479. The van der Waals surface area contributed by atoms with Gasteiger partial charge in [-0.2, -0.15) is 14.0 Å². The molecule has 0 aliphatic carbocycles. The quantitative estimate of drug-likeness (QED) is 0.812. The zero-order valence-electron chi connectivity index (χ0n) is 9.18. The molecule has 0 saturated carbocycles. The van der Waals surface area contributed by atoms with Crippen LogP contribution in [-0.2, 0) is 32.7 Å². The van der Waals surface area contributed by atoms with Crippen LogP contribution in [0, 0.1) is 14.0 Å². The monoisotopic (exact) mass is 292 g/mol. The van der Waals surface area contributed by atoms with Crippen molar-refractivity contribution in [2.45, 2.75) is 6.92 Å². The second-order valence-electron chi connectivity index (χ2n) is 2.78. The van der Waals surface area contributed by atoms with Crippen molar-refractivity contribution < 1.29 is 37.5 Å². The summed E-state index contributed by atoms with van der Waals surface area (Å²) in [7, 11) is 3.61. The normalized spacial score (nSPS) is 8.88. The first-order valence-corrected chi connectivity index (χ1v) is 4.48. The van der Waals surface area contributed by atoms with Crippen LogP contribution < -0.4 is 5.73 Å². The van der Waals surface area contributed by atoms with Gasteiger partial charge in [0, 0.05) is 32.7 Å². The van der Waals surface area contributed by atoms with Crippen molar-refractivity contribution in [3.05, 3.63) is 43.9 Å². The largest absolute Gasteiger partial charge is 0.407 e. The number of aromatic nitrogens is 2. The smallest absolute Gasteiger partial charge is 0.250 e. The van der Waals surface area contributed by atoms with E-state index in [4.69, 9.17) is 5.73 Å². The first-order chi connectivity index (χ1) is 7.18. The van der Waals surface area contributed by atoms with E-state index in [-0.39, 0.29) is 32.7 Å². The third-order valence-electron chi connectivity index (χ3n) is 1.85. The molecule has 0 saturated heterocycles. The van der Waals surface area contributed by atoms with E-state index in [9.17, 15) is 4.79 Å². The van der Waals surface area contributed by atoms with Gasteiger partial charge < -0.3 is 17.3 Å². The molecule has 2 rings (SSSR count). The molecule has 0 aliphatic heterocycles. The van der Waals surface area contributed by atoms with E-state index >= 15 is 0 Å². The van der Waals surface area contributed by atoms with Crippen LogP contribution in [0.25, 0.3) is 10.9 Å². The van der Waals surface area contributed by atoms with Gasteiger partial charge in [-0.3, -0.25) is 4.79 Å². The molecule has 4 nitrogen and oxygen atoms in total. The maximum Gasteiger partial charge on any atom is 0.250 e. The van der Waals surface area contributed by atoms with Crippen molar-refractivity contribution in [3.8, 4) is 0 Å². The molecule has 16 heavy (non-hydrogen) atoms. The Morgan fingerprint density at radius 3 is 2.62 bits per heavy atom. The SMILES string of the molecule is [CH2-]C.[CH2-]n1cc2cccc(C(N)=O)c2n1.[Y]. The van der Waals surface area contributed by atoms with Gasteiger partial charge in [0.2, 0.25) is 0 Å². The molecule has 83 valence electrons. The van der Waals surface area contributed by atoms with Crippen LogP contribution in [0.3, 0.4) is 0 Å². The Hall–Kier alpha value is -0.866. The molecule has 0 atom stereocenters. The molecule has 0 spiro atoms. The fraction of sp³-hybridized carbons (Fsp3) is 0.0909. The van der Waals surface area contributed by atoms with Crippen LogP contribution in [0.15, 0.2) is 24.4 Å². The molecule has 1 heterocycles. The third kappa shape index (κ3) is 3.06. The third-order valence-corrected chi connectivity index (χ3v) is 1.85. The van der Waals surface area contributed by atoms with Crippen LogP contribution in [0.1, 0.15) is 17.3 Å². The molecule has 0 fully saturated rings.